The van der Waals surface area contributed by atoms with E-state index in [0.29, 0.717) is 17.4 Å². The van der Waals surface area contributed by atoms with Crippen molar-refractivity contribution in [3.63, 3.8) is 0 Å². The molecule has 0 aromatic heterocycles. The van der Waals surface area contributed by atoms with E-state index in [4.69, 9.17) is 5.73 Å². The van der Waals surface area contributed by atoms with E-state index in [9.17, 15) is 9.59 Å². The molecule has 0 saturated heterocycles. The number of urea groups is 1. The Morgan fingerprint density at radius 1 is 1.09 bits per heavy atom. The number of benzene rings is 1. The number of carbonyl (C=O) groups excluding carboxylic acids is 2. The zero-order valence-corrected chi connectivity index (χ0v) is 14.1. The second kappa shape index (κ2) is 7.00. The number of primary amides is 1. The van der Waals surface area contributed by atoms with Gasteiger partial charge < -0.3 is 16.4 Å². The van der Waals surface area contributed by atoms with Gasteiger partial charge in [-0.3, -0.25) is 9.69 Å². The van der Waals surface area contributed by atoms with Gasteiger partial charge in [0.2, 0.25) is 5.91 Å². The van der Waals surface area contributed by atoms with Gasteiger partial charge in [0.05, 0.1) is 5.54 Å². The number of amides is 3. The molecule has 2 rings (SSSR count). The summed E-state index contributed by atoms with van der Waals surface area (Å²) in [5.41, 5.74) is 5.77. The third-order valence-corrected chi connectivity index (χ3v) is 4.72. The second-order valence-electron chi connectivity index (χ2n) is 6.63. The van der Waals surface area contributed by atoms with Gasteiger partial charge in [-0.15, -0.1) is 0 Å². The molecule has 1 fully saturated rings. The molecule has 0 spiro atoms. The summed E-state index contributed by atoms with van der Waals surface area (Å²) in [6.45, 7) is 3.90. The molecular formula is C17H26N4O2. The average Bonchev–Trinajstić information content (AvgIpc) is 3.02. The van der Waals surface area contributed by atoms with Crippen LogP contribution in [0.3, 0.4) is 0 Å². The van der Waals surface area contributed by atoms with Crippen molar-refractivity contribution in [1.29, 1.82) is 0 Å². The molecule has 6 nitrogen and oxygen atoms in total. The SMILES string of the molecule is CN(C1CCCC1)C(C)(C)C(=O)Nc1ccc(NC(N)=O)cc1. The van der Waals surface area contributed by atoms with Gasteiger partial charge in [-0.05, 0) is 58.0 Å². The minimum absolute atomic E-state index is 0.0393. The molecule has 1 aromatic rings. The number of rotatable bonds is 5. The summed E-state index contributed by atoms with van der Waals surface area (Å²) in [6, 6.07) is 6.75. The number of hydrogen-bond donors (Lipinski definition) is 3. The van der Waals surface area contributed by atoms with Gasteiger partial charge >= 0.3 is 6.03 Å². The van der Waals surface area contributed by atoms with Crippen LogP contribution < -0.4 is 16.4 Å². The van der Waals surface area contributed by atoms with Gasteiger partial charge in [0, 0.05) is 17.4 Å². The number of likely N-dealkylation sites (N-methyl/N-ethyl adjacent to an activating group) is 1. The molecule has 1 aromatic carbocycles. The third kappa shape index (κ3) is 4.22. The zero-order chi connectivity index (χ0) is 17.0. The molecule has 0 atom stereocenters. The minimum Gasteiger partial charge on any atom is -0.351 e. The van der Waals surface area contributed by atoms with E-state index < -0.39 is 11.6 Å². The number of nitrogens with zero attached hydrogens (tertiary/aromatic N) is 1. The summed E-state index contributed by atoms with van der Waals surface area (Å²) in [5.74, 6) is -0.0393. The molecule has 4 N–H and O–H groups in total. The normalized spacial score (nSPS) is 15.7. The van der Waals surface area contributed by atoms with Gasteiger partial charge in [0.1, 0.15) is 0 Å². The Morgan fingerprint density at radius 3 is 2.04 bits per heavy atom. The highest BCUT2D eigenvalue weighted by molar-refractivity contribution is 5.97. The van der Waals surface area contributed by atoms with Gasteiger partial charge in [-0.1, -0.05) is 12.8 Å². The summed E-state index contributed by atoms with van der Waals surface area (Å²) < 4.78 is 0. The van der Waals surface area contributed by atoms with Crippen LogP contribution in [0.4, 0.5) is 16.2 Å². The molecule has 1 aliphatic rings. The first-order valence-corrected chi connectivity index (χ1v) is 8.01. The monoisotopic (exact) mass is 318 g/mol. The van der Waals surface area contributed by atoms with Crippen LogP contribution in [0.15, 0.2) is 24.3 Å². The Bertz CT molecular complexity index is 562. The number of nitrogens with two attached hydrogens (primary N) is 1. The van der Waals surface area contributed by atoms with Crippen LogP contribution in [-0.2, 0) is 4.79 Å². The Balaban J connectivity index is 2.00. The first-order chi connectivity index (χ1) is 10.8. The lowest BCUT2D eigenvalue weighted by Crippen LogP contribution is -2.54. The Kier molecular flexibility index (Phi) is 5.26. The lowest BCUT2D eigenvalue weighted by atomic mass is 9.99. The maximum Gasteiger partial charge on any atom is 0.316 e. The molecule has 1 saturated carbocycles. The Hall–Kier alpha value is -2.08. The standard InChI is InChI=1S/C17H26N4O2/c1-17(2,21(3)14-6-4-5-7-14)15(22)19-12-8-10-13(11-9-12)20-16(18)23/h8-11,14H,4-7H2,1-3H3,(H,19,22)(H3,18,20,23). The molecule has 3 amide bonds. The summed E-state index contributed by atoms with van der Waals surface area (Å²) in [6.07, 6.45) is 4.78. The lowest BCUT2D eigenvalue weighted by molar-refractivity contribution is -0.126. The van der Waals surface area contributed by atoms with Crippen LogP contribution in [-0.4, -0.2) is 35.5 Å². The number of nitrogens with one attached hydrogen (secondary N) is 2. The van der Waals surface area contributed by atoms with E-state index >= 15 is 0 Å². The highest BCUT2D eigenvalue weighted by Gasteiger charge is 2.37. The second-order valence-corrected chi connectivity index (χ2v) is 6.63. The van der Waals surface area contributed by atoms with Crippen LogP contribution in [0.25, 0.3) is 0 Å². The molecule has 0 aliphatic heterocycles. The lowest BCUT2D eigenvalue weighted by Gasteiger charge is -2.38. The molecular weight excluding hydrogens is 292 g/mol. The van der Waals surface area contributed by atoms with Gasteiger partial charge in [0.15, 0.2) is 0 Å². The summed E-state index contributed by atoms with van der Waals surface area (Å²) in [7, 11) is 2.02. The van der Waals surface area contributed by atoms with Crippen molar-refractivity contribution in [2.75, 3.05) is 17.7 Å². The third-order valence-electron chi connectivity index (χ3n) is 4.72. The van der Waals surface area contributed by atoms with Gasteiger partial charge in [0.25, 0.3) is 0 Å². The van der Waals surface area contributed by atoms with Crippen molar-refractivity contribution in [3.8, 4) is 0 Å². The predicted octanol–water partition coefficient (Wildman–Crippen LogP) is 2.77. The van der Waals surface area contributed by atoms with E-state index in [0.717, 1.165) is 12.8 Å². The maximum absolute atomic E-state index is 12.7. The van der Waals surface area contributed by atoms with Crippen LogP contribution in [0.2, 0.25) is 0 Å². The van der Waals surface area contributed by atoms with E-state index in [2.05, 4.69) is 15.5 Å². The summed E-state index contributed by atoms with van der Waals surface area (Å²) in [4.78, 5) is 25.6. The van der Waals surface area contributed by atoms with Gasteiger partial charge in [-0.2, -0.15) is 0 Å². The van der Waals surface area contributed by atoms with Gasteiger partial charge in [-0.25, -0.2) is 4.79 Å². The zero-order valence-electron chi connectivity index (χ0n) is 14.1. The molecule has 23 heavy (non-hydrogen) atoms. The topological polar surface area (TPSA) is 87.5 Å². The first kappa shape index (κ1) is 17.3. The Morgan fingerprint density at radius 2 is 1.57 bits per heavy atom. The molecule has 0 unspecified atom stereocenters. The highest BCUT2D eigenvalue weighted by atomic mass is 16.2. The minimum atomic E-state index is -0.610. The maximum atomic E-state index is 12.7. The van der Waals surface area contributed by atoms with E-state index in [-0.39, 0.29) is 5.91 Å². The van der Waals surface area contributed by atoms with Crippen molar-refractivity contribution in [3.05, 3.63) is 24.3 Å². The first-order valence-electron chi connectivity index (χ1n) is 8.01. The molecule has 1 aliphatic carbocycles. The van der Waals surface area contributed by atoms with Crippen molar-refractivity contribution in [2.45, 2.75) is 51.1 Å². The Labute approximate surface area is 137 Å². The van der Waals surface area contributed by atoms with Crippen LogP contribution in [0.5, 0.6) is 0 Å². The molecule has 126 valence electrons. The number of carbonyl (C=O) groups is 2. The smallest absolute Gasteiger partial charge is 0.316 e. The fourth-order valence-electron chi connectivity index (χ4n) is 2.97. The average molecular weight is 318 g/mol. The molecule has 0 bridgehead atoms. The van der Waals surface area contributed by atoms with Crippen molar-refractivity contribution < 1.29 is 9.59 Å². The molecule has 0 heterocycles. The van der Waals surface area contributed by atoms with E-state index in [1.807, 2.05) is 20.9 Å². The summed E-state index contributed by atoms with van der Waals surface area (Å²) in [5, 5.41) is 5.43. The van der Waals surface area contributed by atoms with Crippen molar-refractivity contribution in [1.82, 2.24) is 4.90 Å². The predicted molar refractivity (Wildman–Crippen MR) is 92.4 cm³/mol. The quantitative estimate of drug-likeness (QED) is 0.780. The molecule has 0 radical (unpaired) electrons. The number of anilines is 2. The summed E-state index contributed by atoms with van der Waals surface area (Å²) >= 11 is 0. The van der Waals surface area contributed by atoms with Crippen LogP contribution in [0.1, 0.15) is 39.5 Å². The van der Waals surface area contributed by atoms with Crippen molar-refractivity contribution in [2.24, 2.45) is 5.73 Å². The fourth-order valence-corrected chi connectivity index (χ4v) is 2.97. The van der Waals surface area contributed by atoms with Crippen molar-refractivity contribution >= 4 is 23.3 Å². The van der Waals surface area contributed by atoms with E-state index in [1.54, 1.807) is 24.3 Å². The molecule has 6 heteroatoms. The van der Waals surface area contributed by atoms with Crippen LogP contribution >= 0.6 is 0 Å². The fraction of sp³-hybridized carbons (Fsp3) is 0.529. The van der Waals surface area contributed by atoms with Crippen LogP contribution in [0, 0.1) is 0 Å². The number of hydrogen-bond acceptors (Lipinski definition) is 3. The van der Waals surface area contributed by atoms with E-state index in [1.165, 1.54) is 12.8 Å². The highest BCUT2D eigenvalue weighted by Crippen LogP contribution is 2.28. The largest absolute Gasteiger partial charge is 0.351 e.